The molecular formula is C12H16N2. The van der Waals surface area contributed by atoms with Crippen LogP contribution in [0.25, 0.3) is 5.57 Å². The fourth-order valence-corrected chi connectivity index (χ4v) is 1.99. The van der Waals surface area contributed by atoms with Crippen molar-refractivity contribution < 1.29 is 0 Å². The predicted octanol–water partition coefficient (Wildman–Crippen LogP) is 2.86. The molecule has 0 radical (unpaired) electrons. The van der Waals surface area contributed by atoms with Crippen LogP contribution in [0, 0.1) is 0 Å². The summed E-state index contributed by atoms with van der Waals surface area (Å²) in [6, 6.07) is 2.12. The van der Waals surface area contributed by atoms with Crippen molar-refractivity contribution in [2.45, 2.75) is 26.7 Å². The van der Waals surface area contributed by atoms with Crippen molar-refractivity contribution in [1.82, 2.24) is 4.98 Å². The summed E-state index contributed by atoms with van der Waals surface area (Å²) in [5.74, 6) is 1.08. The largest absolute Gasteiger partial charge is 0.369 e. The number of nitrogens with one attached hydrogen (secondary N) is 1. The second-order valence-electron chi connectivity index (χ2n) is 3.66. The van der Waals surface area contributed by atoms with Crippen molar-refractivity contribution >= 4 is 11.4 Å². The van der Waals surface area contributed by atoms with Gasteiger partial charge < -0.3 is 5.32 Å². The van der Waals surface area contributed by atoms with E-state index >= 15 is 0 Å². The van der Waals surface area contributed by atoms with Gasteiger partial charge in [-0.3, -0.25) is 0 Å². The molecule has 0 aromatic carbocycles. The Balaban J connectivity index is 2.44. The highest BCUT2D eigenvalue weighted by atomic mass is 15.0. The fraction of sp³-hybridized carbons (Fsp3) is 0.417. The minimum atomic E-state index is 1.03. The lowest BCUT2D eigenvalue weighted by atomic mass is 10.0. The molecule has 1 aliphatic rings. The topological polar surface area (TPSA) is 24.9 Å². The molecule has 0 saturated heterocycles. The van der Waals surface area contributed by atoms with Gasteiger partial charge in [0.2, 0.25) is 0 Å². The van der Waals surface area contributed by atoms with Gasteiger partial charge in [-0.15, -0.1) is 0 Å². The van der Waals surface area contributed by atoms with Crippen molar-refractivity contribution in [3.63, 3.8) is 0 Å². The van der Waals surface area contributed by atoms with E-state index in [0.717, 1.165) is 25.2 Å². The lowest BCUT2D eigenvalue weighted by Crippen LogP contribution is -1.92. The zero-order chi connectivity index (χ0) is 9.97. The molecule has 2 nitrogen and oxygen atoms in total. The molecule has 14 heavy (non-hydrogen) atoms. The van der Waals surface area contributed by atoms with Crippen LogP contribution in [0.15, 0.2) is 18.3 Å². The number of anilines is 1. The fourth-order valence-electron chi connectivity index (χ4n) is 1.99. The van der Waals surface area contributed by atoms with Gasteiger partial charge in [-0.2, -0.15) is 0 Å². The van der Waals surface area contributed by atoms with E-state index in [1.54, 1.807) is 0 Å². The highest BCUT2D eigenvalue weighted by molar-refractivity contribution is 5.71. The Bertz CT molecular complexity index is 367. The number of aromatic nitrogens is 1. The van der Waals surface area contributed by atoms with Gasteiger partial charge >= 0.3 is 0 Å². The van der Waals surface area contributed by atoms with Crippen LogP contribution in [-0.4, -0.2) is 11.5 Å². The molecule has 1 aliphatic heterocycles. The van der Waals surface area contributed by atoms with Gasteiger partial charge in [0.15, 0.2) is 0 Å². The molecule has 0 amide bonds. The third-order valence-corrected chi connectivity index (χ3v) is 2.66. The van der Waals surface area contributed by atoms with Gasteiger partial charge in [0.25, 0.3) is 0 Å². The van der Waals surface area contributed by atoms with Crippen molar-refractivity contribution in [2.24, 2.45) is 0 Å². The maximum atomic E-state index is 4.32. The first-order valence-electron chi connectivity index (χ1n) is 5.21. The molecule has 1 aromatic rings. The summed E-state index contributed by atoms with van der Waals surface area (Å²) in [5.41, 5.74) is 4.12. The summed E-state index contributed by atoms with van der Waals surface area (Å²) >= 11 is 0. The quantitative estimate of drug-likeness (QED) is 0.772. The Hall–Kier alpha value is -1.31. The zero-order valence-electron chi connectivity index (χ0n) is 8.80. The Morgan fingerprint density at radius 3 is 3.29 bits per heavy atom. The summed E-state index contributed by atoms with van der Waals surface area (Å²) in [7, 11) is 0. The van der Waals surface area contributed by atoms with Crippen molar-refractivity contribution in [3.8, 4) is 0 Å². The first-order valence-corrected chi connectivity index (χ1v) is 5.21. The second-order valence-corrected chi connectivity index (χ2v) is 3.66. The van der Waals surface area contributed by atoms with E-state index in [1.165, 1.54) is 16.7 Å². The third kappa shape index (κ3) is 1.52. The van der Waals surface area contributed by atoms with Crippen LogP contribution in [0.4, 0.5) is 5.82 Å². The van der Waals surface area contributed by atoms with Gasteiger partial charge in [0.05, 0.1) is 0 Å². The molecule has 0 bridgehead atoms. The molecule has 2 rings (SSSR count). The molecule has 2 heteroatoms. The predicted molar refractivity (Wildman–Crippen MR) is 60.4 cm³/mol. The molecule has 2 heterocycles. The molecule has 0 atom stereocenters. The molecule has 0 fully saturated rings. The first kappa shape index (κ1) is 9.25. The molecular weight excluding hydrogens is 172 g/mol. The summed E-state index contributed by atoms with van der Waals surface area (Å²) < 4.78 is 0. The lowest BCUT2D eigenvalue weighted by Gasteiger charge is -2.06. The second kappa shape index (κ2) is 3.82. The Labute approximate surface area is 85.1 Å². The summed E-state index contributed by atoms with van der Waals surface area (Å²) in [6.07, 6.45) is 6.36. The molecule has 0 saturated carbocycles. The van der Waals surface area contributed by atoms with Gasteiger partial charge in [-0.05, 0) is 37.0 Å². The highest BCUT2D eigenvalue weighted by Crippen LogP contribution is 2.27. The number of fused-ring (bicyclic) bond motifs is 1. The Morgan fingerprint density at radius 1 is 1.64 bits per heavy atom. The van der Waals surface area contributed by atoms with Crippen LogP contribution in [0.3, 0.4) is 0 Å². The number of hydrogen-bond acceptors (Lipinski definition) is 2. The van der Waals surface area contributed by atoms with Crippen molar-refractivity contribution in [1.29, 1.82) is 0 Å². The van der Waals surface area contributed by atoms with E-state index in [1.807, 2.05) is 6.20 Å². The van der Waals surface area contributed by atoms with Gasteiger partial charge in [-0.25, -0.2) is 4.98 Å². The van der Waals surface area contributed by atoms with Crippen LogP contribution in [0.5, 0.6) is 0 Å². The third-order valence-electron chi connectivity index (χ3n) is 2.66. The van der Waals surface area contributed by atoms with Gasteiger partial charge in [0.1, 0.15) is 5.82 Å². The molecule has 0 unspecified atom stereocenters. The number of rotatable bonds is 2. The smallest absolute Gasteiger partial charge is 0.129 e. The van der Waals surface area contributed by atoms with E-state index in [4.69, 9.17) is 0 Å². The number of allylic oxidation sites excluding steroid dienone is 2. The van der Waals surface area contributed by atoms with Crippen LogP contribution in [-0.2, 0) is 6.42 Å². The summed E-state index contributed by atoms with van der Waals surface area (Å²) in [5, 5.41) is 3.30. The molecule has 1 N–H and O–H groups in total. The lowest BCUT2D eigenvalue weighted by molar-refractivity contribution is 1.10. The molecule has 1 aromatic heterocycles. The van der Waals surface area contributed by atoms with E-state index in [-0.39, 0.29) is 0 Å². The van der Waals surface area contributed by atoms with E-state index < -0.39 is 0 Å². The van der Waals surface area contributed by atoms with Crippen LogP contribution >= 0.6 is 0 Å². The van der Waals surface area contributed by atoms with Crippen LogP contribution in [0.2, 0.25) is 0 Å². The number of hydrogen-bond donors (Lipinski definition) is 1. The monoisotopic (exact) mass is 188 g/mol. The Morgan fingerprint density at radius 2 is 2.50 bits per heavy atom. The van der Waals surface area contributed by atoms with E-state index in [0.29, 0.717) is 0 Å². The molecule has 0 spiro atoms. The first-order chi connectivity index (χ1) is 6.83. The minimum absolute atomic E-state index is 1.03. The average Bonchev–Trinajstić information content (AvgIpc) is 2.65. The number of pyridine rings is 1. The number of nitrogens with zero attached hydrogens (tertiary/aromatic N) is 1. The van der Waals surface area contributed by atoms with Crippen LogP contribution < -0.4 is 5.32 Å². The summed E-state index contributed by atoms with van der Waals surface area (Å²) in [4.78, 5) is 4.32. The van der Waals surface area contributed by atoms with Crippen molar-refractivity contribution in [2.75, 3.05) is 11.9 Å². The maximum Gasteiger partial charge on any atom is 0.129 e. The summed E-state index contributed by atoms with van der Waals surface area (Å²) in [6.45, 7) is 5.37. The van der Waals surface area contributed by atoms with E-state index in [9.17, 15) is 0 Å². The SMILES string of the molecule is CC/C=C(\C)c1ccnc2c1CCN2. The van der Waals surface area contributed by atoms with Gasteiger partial charge in [-0.1, -0.05) is 13.0 Å². The standard InChI is InChI=1S/C12H16N2/c1-3-4-9(2)10-5-7-13-12-11(10)6-8-14-12/h4-5,7H,3,6,8H2,1-2H3,(H,13,14)/b9-4+. The normalized spacial score (nSPS) is 15.1. The van der Waals surface area contributed by atoms with E-state index in [2.05, 4.69) is 36.3 Å². The van der Waals surface area contributed by atoms with Crippen molar-refractivity contribution in [3.05, 3.63) is 29.5 Å². The maximum absolute atomic E-state index is 4.32. The highest BCUT2D eigenvalue weighted by Gasteiger charge is 2.15. The van der Waals surface area contributed by atoms with Gasteiger partial charge in [0, 0.05) is 18.3 Å². The zero-order valence-corrected chi connectivity index (χ0v) is 8.80. The average molecular weight is 188 g/mol. The molecule has 0 aliphatic carbocycles. The minimum Gasteiger partial charge on any atom is -0.369 e. The van der Waals surface area contributed by atoms with Crippen LogP contribution in [0.1, 0.15) is 31.4 Å². The Kier molecular flexibility index (Phi) is 2.53. The molecule has 74 valence electrons.